The topological polar surface area (TPSA) is 113 Å². The van der Waals surface area contributed by atoms with Gasteiger partial charge in [-0.3, -0.25) is 14.9 Å². The highest BCUT2D eigenvalue weighted by molar-refractivity contribution is 5.84. The van der Waals surface area contributed by atoms with Crippen LogP contribution in [0.5, 0.6) is 0 Å². The second kappa shape index (κ2) is 4.94. The molecule has 0 aromatic heterocycles. The minimum atomic E-state index is -0.600. The van der Waals surface area contributed by atoms with Gasteiger partial charge < -0.3 is 10.6 Å². The molecule has 0 spiro atoms. The fourth-order valence-electron chi connectivity index (χ4n) is 2.32. The summed E-state index contributed by atoms with van der Waals surface area (Å²) in [4.78, 5) is 23.4. The number of benzene rings is 1. The van der Waals surface area contributed by atoms with Crippen LogP contribution >= 0.6 is 0 Å². The summed E-state index contributed by atoms with van der Waals surface area (Å²) in [6.45, 7) is 0.622. The molecule has 1 aromatic rings. The number of hydrogen-bond donors (Lipinski definition) is 1. The molecule has 2 rings (SSSR count). The summed E-state index contributed by atoms with van der Waals surface area (Å²) in [7, 11) is 0. The largest absolute Gasteiger partial charge is 0.368 e. The first kappa shape index (κ1) is 12.8. The smallest absolute Gasteiger partial charge is 0.289 e. The van der Waals surface area contributed by atoms with E-state index in [0.717, 1.165) is 6.42 Å². The quantitative estimate of drug-likeness (QED) is 0.641. The molecule has 1 aliphatic rings. The molecule has 1 aliphatic heterocycles. The number of amides is 1. The first-order valence-electron chi connectivity index (χ1n) is 5.79. The summed E-state index contributed by atoms with van der Waals surface area (Å²) in [6.07, 6.45) is 1.45. The molecule has 7 heteroatoms. The predicted molar refractivity (Wildman–Crippen MR) is 67.4 cm³/mol. The summed E-state index contributed by atoms with van der Waals surface area (Å²) in [5.74, 6) is -0.440. The minimum Gasteiger partial charge on any atom is -0.368 e. The summed E-state index contributed by atoms with van der Waals surface area (Å²) in [5.41, 5.74) is 5.61. The molecular weight excluding hydrogens is 248 g/mol. The van der Waals surface area contributed by atoms with Crippen molar-refractivity contribution >= 4 is 17.3 Å². The molecule has 1 fully saturated rings. The van der Waals surface area contributed by atoms with Crippen molar-refractivity contribution in [2.75, 3.05) is 11.4 Å². The summed E-state index contributed by atoms with van der Waals surface area (Å²) >= 11 is 0. The predicted octanol–water partition coefficient (Wildman–Crippen LogP) is 0.921. The monoisotopic (exact) mass is 260 g/mol. The van der Waals surface area contributed by atoms with Gasteiger partial charge in [0.15, 0.2) is 0 Å². The number of rotatable bonds is 3. The zero-order valence-electron chi connectivity index (χ0n) is 10.1. The van der Waals surface area contributed by atoms with E-state index >= 15 is 0 Å². The second-order valence-corrected chi connectivity index (χ2v) is 4.32. The van der Waals surface area contributed by atoms with Gasteiger partial charge in [0.2, 0.25) is 5.91 Å². The van der Waals surface area contributed by atoms with Crippen LogP contribution in [0.3, 0.4) is 0 Å². The number of nitrogens with zero attached hydrogens (tertiary/aromatic N) is 3. The highest BCUT2D eigenvalue weighted by atomic mass is 16.6. The van der Waals surface area contributed by atoms with Gasteiger partial charge in [-0.05, 0) is 25.0 Å². The van der Waals surface area contributed by atoms with E-state index in [1.54, 1.807) is 17.0 Å². The highest BCUT2D eigenvalue weighted by Crippen LogP contribution is 2.30. The van der Waals surface area contributed by atoms with Gasteiger partial charge in [-0.25, -0.2) is 0 Å². The third-order valence-electron chi connectivity index (χ3n) is 3.21. The lowest BCUT2D eigenvalue weighted by atomic mass is 10.1. The molecule has 1 saturated heterocycles. The Morgan fingerprint density at radius 2 is 2.32 bits per heavy atom. The maximum Gasteiger partial charge on any atom is 0.289 e. The van der Waals surface area contributed by atoms with Crippen molar-refractivity contribution < 1.29 is 9.72 Å². The van der Waals surface area contributed by atoms with Crippen molar-refractivity contribution in [3.63, 3.8) is 0 Å². The fourth-order valence-corrected chi connectivity index (χ4v) is 2.32. The molecule has 1 atom stereocenters. The Balaban J connectivity index is 2.41. The van der Waals surface area contributed by atoms with Crippen LogP contribution in [0.15, 0.2) is 18.2 Å². The SMILES string of the molecule is N#Cc1ccc(N2CCCC2C(N)=O)cc1[N+](=O)[O-]. The Kier molecular flexibility index (Phi) is 3.33. The van der Waals surface area contributed by atoms with E-state index in [1.165, 1.54) is 12.1 Å². The van der Waals surface area contributed by atoms with Crippen LogP contribution in [0.25, 0.3) is 0 Å². The van der Waals surface area contributed by atoms with Crippen molar-refractivity contribution in [2.24, 2.45) is 5.73 Å². The number of anilines is 1. The van der Waals surface area contributed by atoms with Crippen LogP contribution in [0.4, 0.5) is 11.4 Å². The van der Waals surface area contributed by atoms with E-state index in [1.807, 2.05) is 0 Å². The third-order valence-corrected chi connectivity index (χ3v) is 3.21. The van der Waals surface area contributed by atoms with E-state index in [-0.39, 0.29) is 11.3 Å². The van der Waals surface area contributed by atoms with E-state index in [9.17, 15) is 14.9 Å². The zero-order valence-corrected chi connectivity index (χ0v) is 10.1. The molecule has 1 heterocycles. The number of carbonyl (C=O) groups excluding carboxylic acids is 1. The minimum absolute atomic E-state index is 0.00331. The van der Waals surface area contributed by atoms with Crippen molar-refractivity contribution in [1.29, 1.82) is 5.26 Å². The highest BCUT2D eigenvalue weighted by Gasteiger charge is 2.30. The average Bonchev–Trinajstić information content (AvgIpc) is 2.87. The molecule has 0 aliphatic carbocycles. The second-order valence-electron chi connectivity index (χ2n) is 4.32. The van der Waals surface area contributed by atoms with E-state index < -0.39 is 16.9 Å². The van der Waals surface area contributed by atoms with Crippen LogP contribution in [0, 0.1) is 21.4 Å². The molecular formula is C12H12N4O3. The van der Waals surface area contributed by atoms with Crippen LogP contribution in [0.2, 0.25) is 0 Å². The molecule has 0 bridgehead atoms. The van der Waals surface area contributed by atoms with Gasteiger partial charge in [-0.1, -0.05) is 0 Å². The number of nitrogens with two attached hydrogens (primary N) is 1. The number of hydrogen-bond acceptors (Lipinski definition) is 5. The van der Waals surface area contributed by atoms with Crippen LogP contribution in [-0.4, -0.2) is 23.4 Å². The number of nitriles is 1. The Hall–Kier alpha value is -2.62. The van der Waals surface area contributed by atoms with Crippen molar-refractivity contribution in [3.8, 4) is 6.07 Å². The van der Waals surface area contributed by atoms with Gasteiger partial charge in [-0.15, -0.1) is 0 Å². The van der Waals surface area contributed by atoms with E-state index in [0.29, 0.717) is 18.7 Å². The average molecular weight is 260 g/mol. The van der Waals surface area contributed by atoms with Crippen LogP contribution < -0.4 is 10.6 Å². The van der Waals surface area contributed by atoms with Crippen molar-refractivity contribution in [1.82, 2.24) is 0 Å². The maximum absolute atomic E-state index is 11.3. The molecule has 19 heavy (non-hydrogen) atoms. The lowest BCUT2D eigenvalue weighted by Crippen LogP contribution is -2.40. The van der Waals surface area contributed by atoms with Gasteiger partial charge in [-0.2, -0.15) is 5.26 Å². The Bertz CT molecular complexity index is 579. The summed E-state index contributed by atoms with van der Waals surface area (Å²) in [5, 5.41) is 19.7. The van der Waals surface area contributed by atoms with Crippen molar-refractivity contribution in [3.05, 3.63) is 33.9 Å². The number of nitro groups is 1. The van der Waals surface area contributed by atoms with Crippen LogP contribution in [-0.2, 0) is 4.79 Å². The van der Waals surface area contributed by atoms with E-state index in [4.69, 9.17) is 11.0 Å². The van der Waals surface area contributed by atoms with Gasteiger partial charge in [0.05, 0.1) is 4.92 Å². The molecule has 2 N–H and O–H groups in total. The van der Waals surface area contributed by atoms with Gasteiger partial charge >= 0.3 is 0 Å². The van der Waals surface area contributed by atoms with Gasteiger partial charge in [0.1, 0.15) is 17.7 Å². The molecule has 0 saturated carbocycles. The fraction of sp³-hybridized carbons (Fsp3) is 0.333. The molecule has 1 amide bonds. The molecule has 1 unspecified atom stereocenters. The van der Waals surface area contributed by atoms with Gasteiger partial charge in [0, 0.05) is 18.3 Å². The molecule has 1 aromatic carbocycles. The standard InChI is InChI=1S/C12H12N4O3/c13-7-8-3-4-9(6-11(8)16(18)19)15-5-1-2-10(15)12(14)17/h3-4,6,10H,1-2,5H2,(H2,14,17). The first-order chi connectivity index (χ1) is 9.04. The Morgan fingerprint density at radius 3 is 2.89 bits per heavy atom. The van der Waals surface area contributed by atoms with Crippen LogP contribution in [0.1, 0.15) is 18.4 Å². The van der Waals surface area contributed by atoms with Crippen molar-refractivity contribution in [2.45, 2.75) is 18.9 Å². The first-order valence-corrected chi connectivity index (χ1v) is 5.79. The third kappa shape index (κ3) is 2.33. The number of carbonyl (C=O) groups is 1. The number of nitro benzene ring substituents is 1. The Morgan fingerprint density at radius 1 is 1.58 bits per heavy atom. The lowest BCUT2D eigenvalue weighted by molar-refractivity contribution is -0.385. The molecule has 7 nitrogen and oxygen atoms in total. The molecule has 0 radical (unpaired) electrons. The lowest BCUT2D eigenvalue weighted by Gasteiger charge is -2.24. The Labute approximate surface area is 109 Å². The summed E-state index contributed by atoms with van der Waals surface area (Å²) in [6, 6.07) is 5.66. The number of primary amides is 1. The summed E-state index contributed by atoms with van der Waals surface area (Å²) < 4.78 is 0. The maximum atomic E-state index is 11.3. The van der Waals surface area contributed by atoms with E-state index in [2.05, 4.69) is 0 Å². The molecule has 98 valence electrons. The zero-order chi connectivity index (χ0) is 14.0. The normalized spacial score (nSPS) is 18.1. The van der Waals surface area contributed by atoms with Gasteiger partial charge in [0.25, 0.3) is 5.69 Å².